The molecular weight excluding hydrogens is 309 g/mol. The van der Waals surface area contributed by atoms with Gasteiger partial charge in [-0.25, -0.2) is 15.2 Å². The molecular formula is C18H20FN3O2. The molecule has 2 atom stereocenters. The van der Waals surface area contributed by atoms with Gasteiger partial charge in [0.15, 0.2) is 0 Å². The Bertz CT molecular complexity index is 734. The van der Waals surface area contributed by atoms with Crippen LogP contribution in [0.4, 0.5) is 10.1 Å². The molecule has 1 saturated heterocycles. The van der Waals surface area contributed by atoms with Crippen molar-refractivity contribution >= 4 is 11.6 Å². The van der Waals surface area contributed by atoms with Crippen LogP contribution >= 0.6 is 0 Å². The number of benzene rings is 2. The zero-order valence-electron chi connectivity index (χ0n) is 13.6. The lowest BCUT2D eigenvalue weighted by Gasteiger charge is -2.13. The molecule has 1 aliphatic heterocycles. The van der Waals surface area contributed by atoms with E-state index in [1.807, 2.05) is 19.1 Å². The first kappa shape index (κ1) is 16.4. The number of hydrazine groups is 1. The average molecular weight is 329 g/mol. The molecule has 2 aromatic carbocycles. The molecule has 1 aliphatic rings. The minimum Gasteiger partial charge on any atom is -0.497 e. The maximum atomic E-state index is 13.0. The van der Waals surface area contributed by atoms with Gasteiger partial charge in [0.25, 0.3) is 0 Å². The Morgan fingerprint density at radius 2 is 1.96 bits per heavy atom. The maximum Gasteiger partial charge on any atom is 0.242 e. The van der Waals surface area contributed by atoms with Crippen LogP contribution in [0.3, 0.4) is 0 Å². The fourth-order valence-electron chi connectivity index (χ4n) is 2.72. The summed E-state index contributed by atoms with van der Waals surface area (Å²) in [7, 11) is 1.59. The number of hydrogen-bond donors (Lipinski definition) is 3. The number of anilines is 1. The quantitative estimate of drug-likeness (QED) is 0.807. The van der Waals surface area contributed by atoms with Crippen LogP contribution in [0.25, 0.3) is 0 Å². The second kappa shape index (κ2) is 6.98. The molecule has 0 aromatic heterocycles. The second-order valence-electron chi connectivity index (χ2n) is 5.85. The van der Waals surface area contributed by atoms with Crippen molar-refractivity contribution < 1.29 is 13.9 Å². The van der Waals surface area contributed by atoms with Gasteiger partial charge in [-0.1, -0.05) is 18.2 Å². The number of halogens is 1. The van der Waals surface area contributed by atoms with E-state index in [4.69, 9.17) is 4.74 Å². The number of amides is 1. The molecule has 0 aliphatic carbocycles. The number of hydrogen-bond acceptors (Lipinski definition) is 4. The van der Waals surface area contributed by atoms with Gasteiger partial charge >= 0.3 is 0 Å². The predicted octanol–water partition coefficient (Wildman–Crippen LogP) is 2.69. The van der Waals surface area contributed by atoms with Crippen molar-refractivity contribution in [1.82, 2.24) is 10.9 Å². The lowest BCUT2D eigenvalue weighted by molar-refractivity contribution is -0.117. The Morgan fingerprint density at radius 1 is 1.21 bits per heavy atom. The van der Waals surface area contributed by atoms with Gasteiger partial charge in [0.05, 0.1) is 7.11 Å². The molecule has 1 amide bonds. The van der Waals surface area contributed by atoms with E-state index in [1.165, 1.54) is 12.1 Å². The van der Waals surface area contributed by atoms with E-state index in [2.05, 4.69) is 16.2 Å². The number of nitrogens with one attached hydrogen (secondary N) is 3. The highest BCUT2D eigenvalue weighted by molar-refractivity contribution is 5.95. The standard InChI is InChI=1S/C18H20FN3O2/c1-11-3-8-14(24-2)9-15(11)20-18(23)17-10-16(21-22-17)12-4-6-13(19)7-5-12/h3-9,16-17,21-22H,10H2,1-2H3,(H,20,23). The number of carbonyl (C=O) groups is 1. The summed E-state index contributed by atoms with van der Waals surface area (Å²) in [5.41, 5.74) is 8.72. The van der Waals surface area contributed by atoms with Gasteiger partial charge in [-0.2, -0.15) is 0 Å². The summed E-state index contributed by atoms with van der Waals surface area (Å²) in [4.78, 5) is 12.5. The van der Waals surface area contributed by atoms with E-state index < -0.39 is 0 Å². The van der Waals surface area contributed by atoms with Crippen LogP contribution in [0, 0.1) is 12.7 Å². The molecule has 0 bridgehead atoms. The van der Waals surface area contributed by atoms with Crippen LogP contribution in [-0.2, 0) is 4.79 Å². The molecule has 1 heterocycles. The Balaban J connectivity index is 1.65. The molecule has 24 heavy (non-hydrogen) atoms. The molecule has 6 heteroatoms. The molecule has 3 rings (SSSR count). The molecule has 5 nitrogen and oxygen atoms in total. The largest absolute Gasteiger partial charge is 0.497 e. The van der Waals surface area contributed by atoms with Crippen molar-refractivity contribution in [3.63, 3.8) is 0 Å². The summed E-state index contributed by atoms with van der Waals surface area (Å²) in [6.45, 7) is 1.93. The summed E-state index contributed by atoms with van der Waals surface area (Å²) in [5, 5.41) is 2.93. The normalized spacial score (nSPS) is 20.0. The predicted molar refractivity (Wildman–Crippen MR) is 90.2 cm³/mol. The van der Waals surface area contributed by atoms with E-state index in [-0.39, 0.29) is 23.8 Å². The SMILES string of the molecule is COc1ccc(C)c(NC(=O)C2CC(c3ccc(F)cc3)NN2)c1. The zero-order valence-corrected chi connectivity index (χ0v) is 13.6. The van der Waals surface area contributed by atoms with Gasteiger partial charge in [0, 0.05) is 17.8 Å². The summed E-state index contributed by atoms with van der Waals surface area (Å²) >= 11 is 0. The minimum atomic E-state index is -0.370. The smallest absolute Gasteiger partial charge is 0.242 e. The van der Waals surface area contributed by atoms with Gasteiger partial charge in [0.2, 0.25) is 5.91 Å². The number of carbonyl (C=O) groups excluding carboxylic acids is 1. The van der Waals surface area contributed by atoms with Crippen molar-refractivity contribution in [3.8, 4) is 5.75 Å². The summed E-state index contributed by atoms with van der Waals surface area (Å²) in [6.07, 6.45) is 0.584. The monoisotopic (exact) mass is 329 g/mol. The van der Waals surface area contributed by atoms with Crippen LogP contribution in [0.5, 0.6) is 5.75 Å². The van der Waals surface area contributed by atoms with Gasteiger partial charge < -0.3 is 10.1 Å². The summed E-state index contributed by atoms with van der Waals surface area (Å²) in [5.74, 6) is 0.300. The Kier molecular flexibility index (Phi) is 4.78. The van der Waals surface area contributed by atoms with Gasteiger partial charge in [-0.05, 0) is 42.7 Å². The molecule has 3 N–H and O–H groups in total. The Morgan fingerprint density at radius 3 is 2.67 bits per heavy atom. The van der Waals surface area contributed by atoms with Crippen molar-refractivity contribution in [2.75, 3.05) is 12.4 Å². The zero-order chi connectivity index (χ0) is 17.1. The molecule has 126 valence electrons. The number of ether oxygens (including phenoxy) is 1. The molecule has 2 aromatic rings. The van der Waals surface area contributed by atoms with E-state index in [9.17, 15) is 9.18 Å². The fourth-order valence-corrected chi connectivity index (χ4v) is 2.72. The van der Waals surface area contributed by atoms with Crippen molar-refractivity contribution in [2.24, 2.45) is 0 Å². The third-order valence-electron chi connectivity index (χ3n) is 4.19. The lowest BCUT2D eigenvalue weighted by Crippen LogP contribution is -2.39. The molecule has 1 fully saturated rings. The lowest BCUT2D eigenvalue weighted by atomic mass is 10.0. The molecule has 0 saturated carbocycles. The molecule has 0 spiro atoms. The second-order valence-corrected chi connectivity index (χ2v) is 5.85. The average Bonchev–Trinajstić information content (AvgIpc) is 3.07. The topological polar surface area (TPSA) is 62.4 Å². The van der Waals surface area contributed by atoms with E-state index >= 15 is 0 Å². The van der Waals surface area contributed by atoms with Crippen LogP contribution < -0.4 is 20.9 Å². The third-order valence-corrected chi connectivity index (χ3v) is 4.19. The van der Waals surface area contributed by atoms with Crippen LogP contribution in [0.1, 0.15) is 23.6 Å². The van der Waals surface area contributed by atoms with Crippen molar-refractivity contribution in [2.45, 2.75) is 25.4 Å². The van der Waals surface area contributed by atoms with Gasteiger partial charge in [0.1, 0.15) is 17.6 Å². The highest BCUT2D eigenvalue weighted by Crippen LogP contribution is 2.25. The highest BCUT2D eigenvalue weighted by atomic mass is 19.1. The van der Waals surface area contributed by atoms with E-state index in [1.54, 1.807) is 25.3 Å². The van der Waals surface area contributed by atoms with Crippen molar-refractivity contribution in [3.05, 3.63) is 59.4 Å². The molecule has 0 radical (unpaired) electrons. The van der Waals surface area contributed by atoms with Gasteiger partial charge in [-0.3, -0.25) is 4.79 Å². The number of rotatable bonds is 4. The van der Waals surface area contributed by atoms with E-state index in [0.717, 1.165) is 16.8 Å². The first-order valence-electron chi connectivity index (χ1n) is 7.79. The van der Waals surface area contributed by atoms with Crippen LogP contribution in [-0.4, -0.2) is 19.1 Å². The first-order chi connectivity index (χ1) is 11.6. The van der Waals surface area contributed by atoms with Gasteiger partial charge in [-0.15, -0.1) is 0 Å². The van der Waals surface area contributed by atoms with Crippen LogP contribution in [0.2, 0.25) is 0 Å². The minimum absolute atomic E-state index is 0.0345. The van der Waals surface area contributed by atoms with Crippen LogP contribution in [0.15, 0.2) is 42.5 Å². The Hall–Kier alpha value is -2.44. The Labute approximate surface area is 140 Å². The number of aryl methyl sites for hydroxylation is 1. The number of methoxy groups -OCH3 is 1. The summed E-state index contributed by atoms with van der Waals surface area (Å²) in [6, 6.07) is 11.4. The maximum absolute atomic E-state index is 13.0. The third kappa shape index (κ3) is 3.55. The van der Waals surface area contributed by atoms with E-state index in [0.29, 0.717) is 12.2 Å². The fraction of sp³-hybridized carbons (Fsp3) is 0.278. The highest BCUT2D eigenvalue weighted by Gasteiger charge is 2.30. The summed E-state index contributed by atoms with van der Waals surface area (Å²) < 4.78 is 18.2. The first-order valence-corrected chi connectivity index (χ1v) is 7.79. The van der Waals surface area contributed by atoms with Crippen molar-refractivity contribution in [1.29, 1.82) is 0 Å². The molecule has 2 unspecified atom stereocenters.